The molecule has 0 bridgehead atoms. The second kappa shape index (κ2) is 8.64. The van der Waals surface area contributed by atoms with Gasteiger partial charge in [0.15, 0.2) is 5.82 Å². The summed E-state index contributed by atoms with van der Waals surface area (Å²) in [6, 6.07) is 3.65. The molecule has 1 aliphatic heterocycles. The lowest BCUT2D eigenvalue weighted by atomic mass is 9.99. The summed E-state index contributed by atoms with van der Waals surface area (Å²) in [5.74, 6) is 0.762. The molecule has 0 saturated carbocycles. The van der Waals surface area contributed by atoms with Crippen LogP contribution in [-0.2, 0) is 0 Å². The number of hydrogen-bond donors (Lipinski definition) is 2. The van der Waals surface area contributed by atoms with Crippen molar-refractivity contribution in [2.75, 3.05) is 32.8 Å². The van der Waals surface area contributed by atoms with Gasteiger partial charge in [-0.3, -0.25) is 9.78 Å². The topological polar surface area (TPSA) is 91.2 Å². The van der Waals surface area contributed by atoms with E-state index < -0.39 is 0 Å². The lowest BCUT2D eigenvalue weighted by Gasteiger charge is -2.31. The maximum absolute atomic E-state index is 12.2. The van der Waals surface area contributed by atoms with Crippen LogP contribution < -0.4 is 5.32 Å². The molecule has 0 aliphatic carbocycles. The van der Waals surface area contributed by atoms with Crippen molar-refractivity contribution in [3.05, 3.63) is 42.5 Å². The summed E-state index contributed by atoms with van der Waals surface area (Å²) in [7, 11) is 0. The Labute approximate surface area is 147 Å². The fraction of sp³-hybridized carbons (Fsp3) is 0.444. The number of rotatable bonds is 6. The van der Waals surface area contributed by atoms with Gasteiger partial charge in [0.2, 0.25) is 0 Å². The van der Waals surface area contributed by atoms with Crippen molar-refractivity contribution in [3.8, 4) is 11.4 Å². The number of likely N-dealkylation sites (tertiary alicyclic amines) is 1. The Hall–Kier alpha value is -2.38. The maximum atomic E-state index is 12.2. The Morgan fingerprint density at radius 3 is 2.76 bits per heavy atom. The average molecular weight is 341 g/mol. The SMILES string of the molecule is O=C(NCCN1CCCC(CO)C1)c1cnc(-c2ccncc2)nc1. The maximum Gasteiger partial charge on any atom is 0.254 e. The summed E-state index contributed by atoms with van der Waals surface area (Å²) >= 11 is 0. The van der Waals surface area contributed by atoms with Crippen molar-refractivity contribution in [2.24, 2.45) is 5.92 Å². The quantitative estimate of drug-likeness (QED) is 0.814. The molecule has 1 amide bonds. The van der Waals surface area contributed by atoms with Gasteiger partial charge in [0, 0.05) is 56.6 Å². The minimum absolute atomic E-state index is 0.169. The number of pyridine rings is 1. The zero-order valence-corrected chi connectivity index (χ0v) is 14.1. The average Bonchev–Trinajstić information content (AvgIpc) is 2.69. The minimum Gasteiger partial charge on any atom is -0.396 e. The monoisotopic (exact) mass is 341 g/mol. The van der Waals surface area contributed by atoms with Crippen LogP contribution in [0.1, 0.15) is 23.2 Å². The highest BCUT2D eigenvalue weighted by molar-refractivity contribution is 5.93. The van der Waals surface area contributed by atoms with Gasteiger partial charge in [0.25, 0.3) is 5.91 Å². The summed E-state index contributed by atoms with van der Waals surface area (Å²) in [5.41, 5.74) is 1.31. The van der Waals surface area contributed by atoms with Crippen molar-refractivity contribution < 1.29 is 9.90 Å². The molecule has 3 heterocycles. The van der Waals surface area contributed by atoms with Crippen molar-refractivity contribution >= 4 is 5.91 Å². The largest absolute Gasteiger partial charge is 0.396 e. The number of hydrogen-bond acceptors (Lipinski definition) is 6. The number of nitrogens with zero attached hydrogens (tertiary/aromatic N) is 4. The minimum atomic E-state index is -0.169. The molecule has 2 aromatic rings. The summed E-state index contributed by atoms with van der Waals surface area (Å²) in [4.78, 5) is 26.9. The van der Waals surface area contributed by atoms with Crippen LogP contribution in [0.3, 0.4) is 0 Å². The Bertz CT molecular complexity index is 678. The molecule has 0 aromatic carbocycles. The fourth-order valence-corrected chi connectivity index (χ4v) is 3.03. The van der Waals surface area contributed by atoms with Crippen LogP contribution in [0.15, 0.2) is 36.9 Å². The first kappa shape index (κ1) is 17.4. The second-order valence-electron chi connectivity index (χ2n) is 6.28. The number of piperidine rings is 1. The second-order valence-corrected chi connectivity index (χ2v) is 6.28. The van der Waals surface area contributed by atoms with E-state index in [-0.39, 0.29) is 12.5 Å². The molecule has 2 N–H and O–H groups in total. The fourth-order valence-electron chi connectivity index (χ4n) is 3.03. The van der Waals surface area contributed by atoms with Crippen molar-refractivity contribution in [2.45, 2.75) is 12.8 Å². The van der Waals surface area contributed by atoms with Gasteiger partial charge in [-0.15, -0.1) is 0 Å². The van der Waals surface area contributed by atoms with E-state index in [1.165, 1.54) is 0 Å². The molecule has 25 heavy (non-hydrogen) atoms. The van der Waals surface area contributed by atoms with E-state index in [9.17, 15) is 9.90 Å². The van der Waals surface area contributed by atoms with Gasteiger partial charge in [-0.25, -0.2) is 9.97 Å². The number of aliphatic hydroxyl groups excluding tert-OH is 1. The first-order valence-corrected chi connectivity index (χ1v) is 8.60. The Kier molecular flexibility index (Phi) is 6.03. The van der Waals surface area contributed by atoms with Crippen LogP contribution in [-0.4, -0.2) is 63.7 Å². The summed E-state index contributed by atoms with van der Waals surface area (Å²) in [6.45, 7) is 3.53. The molecule has 7 heteroatoms. The number of amides is 1. The van der Waals surface area contributed by atoms with Crippen LogP contribution >= 0.6 is 0 Å². The molecule has 1 unspecified atom stereocenters. The number of aromatic nitrogens is 3. The van der Waals surface area contributed by atoms with Gasteiger partial charge in [-0.2, -0.15) is 0 Å². The third-order valence-electron chi connectivity index (χ3n) is 4.43. The van der Waals surface area contributed by atoms with Gasteiger partial charge < -0.3 is 15.3 Å². The molecular weight excluding hydrogens is 318 g/mol. The van der Waals surface area contributed by atoms with E-state index in [4.69, 9.17) is 0 Å². The number of aliphatic hydroxyl groups is 1. The first-order valence-electron chi connectivity index (χ1n) is 8.60. The highest BCUT2D eigenvalue weighted by Gasteiger charge is 2.18. The highest BCUT2D eigenvalue weighted by atomic mass is 16.3. The van der Waals surface area contributed by atoms with Gasteiger partial charge in [-0.1, -0.05) is 0 Å². The van der Waals surface area contributed by atoms with Crippen LogP contribution in [0.25, 0.3) is 11.4 Å². The molecule has 1 saturated heterocycles. The van der Waals surface area contributed by atoms with E-state index in [1.54, 1.807) is 24.8 Å². The van der Waals surface area contributed by atoms with Gasteiger partial charge in [0.1, 0.15) is 0 Å². The molecule has 132 valence electrons. The molecule has 3 rings (SSSR count). The van der Waals surface area contributed by atoms with Crippen LogP contribution in [0, 0.1) is 5.92 Å². The first-order chi connectivity index (χ1) is 12.3. The molecule has 1 atom stereocenters. The van der Waals surface area contributed by atoms with Crippen molar-refractivity contribution in [1.29, 1.82) is 0 Å². The molecule has 1 aliphatic rings. The van der Waals surface area contributed by atoms with Crippen LogP contribution in [0.4, 0.5) is 0 Å². The van der Waals surface area contributed by atoms with E-state index in [0.717, 1.165) is 38.0 Å². The van der Waals surface area contributed by atoms with E-state index in [0.29, 0.717) is 23.9 Å². The predicted octanol–water partition coefficient (Wildman–Crippen LogP) is 0.973. The number of carbonyl (C=O) groups is 1. The molecule has 7 nitrogen and oxygen atoms in total. The lowest BCUT2D eigenvalue weighted by Crippen LogP contribution is -2.41. The van der Waals surface area contributed by atoms with Crippen molar-refractivity contribution in [1.82, 2.24) is 25.2 Å². The van der Waals surface area contributed by atoms with Gasteiger partial charge in [-0.05, 0) is 37.4 Å². The smallest absolute Gasteiger partial charge is 0.254 e. The molecule has 1 fully saturated rings. The number of nitrogens with one attached hydrogen (secondary N) is 1. The van der Waals surface area contributed by atoms with Gasteiger partial charge >= 0.3 is 0 Å². The summed E-state index contributed by atoms with van der Waals surface area (Å²) < 4.78 is 0. The van der Waals surface area contributed by atoms with Crippen LogP contribution in [0.5, 0.6) is 0 Å². The predicted molar refractivity (Wildman–Crippen MR) is 93.8 cm³/mol. The summed E-state index contributed by atoms with van der Waals surface area (Å²) in [6.07, 6.45) is 8.63. The standard InChI is InChI=1S/C18H23N5O2/c24-13-14-2-1-8-23(12-14)9-7-20-18(25)16-10-21-17(22-11-16)15-3-5-19-6-4-15/h3-6,10-11,14,24H,1-2,7-9,12-13H2,(H,20,25). The third-order valence-corrected chi connectivity index (χ3v) is 4.43. The molecule has 0 spiro atoms. The zero-order chi connectivity index (χ0) is 17.5. The Morgan fingerprint density at radius 2 is 2.04 bits per heavy atom. The lowest BCUT2D eigenvalue weighted by molar-refractivity contribution is 0.0930. The third kappa shape index (κ3) is 4.80. The Balaban J connectivity index is 1.48. The zero-order valence-electron chi connectivity index (χ0n) is 14.1. The van der Waals surface area contributed by atoms with E-state index in [1.807, 2.05) is 12.1 Å². The van der Waals surface area contributed by atoms with Gasteiger partial charge in [0.05, 0.1) is 5.56 Å². The van der Waals surface area contributed by atoms with E-state index in [2.05, 4.69) is 25.2 Å². The summed E-state index contributed by atoms with van der Waals surface area (Å²) in [5, 5.41) is 12.2. The van der Waals surface area contributed by atoms with E-state index >= 15 is 0 Å². The normalized spacial score (nSPS) is 18.0. The Morgan fingerprint density at radius 1 is 1.28 bits per heavy atom. The molecular formula is C18H23N5O2. The number of carbonyl (C=O) groups excluding carboxylic acids is 1. The van der Waals surface area contributed by atoms with Crippen molar-refractivity contribution in [3.63, 3.8) is 0 Å². The molecule has 2 aromatic heterocycles. The molecule has 0 radical (unpaired) electrons. The van der Waals surface area contributed by atoms with Crippen LogP contribution in [0.2, 0.25) is 0 Å². The highest BCUT2D eigenvalue weighted by Crippen LogP contribution is 2.15.